The Morgan fingerprint density at radius 2 is 1.95 bits per heavy atom. The molecule has 4 nitrogen and oxygen atoms in total. The third-order valence-corrected chi connectivity index (χ3v) is 4.57. The second-order valence-electron chi connectivity index (χ2n) is 6.11. The van der Waals surface area contributed by atoms with E-state index < -0.39 is 0 Å². The van der Waals surface area contributed by atoms with Crippen LogP contribution in [0.2, 0.25) is 0 Å². The molecule has 0 spiro atoms. The van der Waals surface area contributed by atoms with Crippen molar-refractivity contribution in [2.24, 2.45) is 13.0 Å². The van der Waals surface area contributed by atoms with Crippen LogP contribution in [-0.2, 0) is 7.05 Å². The zero-order chi connectivity index (χ0) is 15.0. The third-order valence-electron chi connectivity index (χ3n) is 4.57. The molecule has 0 amide bonds. The van der Waals surface area contributed by atoms with Gasteiger partial charge in [0.25, 0.3) is 0 Å². The molecule has 112 valence electrons. The molecule has 1 fully saturated rings. The van der Waals surface area contributed by atoms with Crippen molar-refractivity contribution >= 4 is 5.82 Å². The van der Waals surface area contributed by atoms with E-state index in [1.807, 2.05) is 13.2 Å². The van der Waals surface area contributed by atoms with Gasteiger partial charge >= 0.3 is 0 Å². The minimum absolute atomic E-state index is 0.673. The number of aryl methyl sites for hydroxylation is 3. The Balaban J connectivity index is 1.96. The molecule has 1 aliphatic rings. The van der Waals surface area contributed by atoms with Gasteiger partial charge in [-0.25, -0.2) is 0 Å². The molecule has 21 heavy (non-hydrogen) atoms. The predicted molar refractivity (Wildman–Crippen MR) is 85.4 cm³/mol. The van der Waals surface area contributed by atoms with E-state index in [4.69, 9.17) is 10.5 Å². The first-order valence-electron chi connectivity index (χ1n) is 7.58. The van der Waals surface area contributed by atoms with Gasteiger partial charge < -0.3 is 10.5 Å². The molecule has 1 saturated carbocycles. The lowest BCUT2D eigenvalue weighted by molar-refractivity contribution is 0.181. The van der Waals surface area contributed by atoms with Crippen molar-refractivity contribution in [3.05, 3.63) is 29.5 Å². The number of nitrogens with two attached hydrogens (primary N) is 1. The van der Waals surface area contributed by atoms with Gasteiger partial charge in [-0.3, -0.25) is 4.68 Å². The number of hydrogen-bond acceptors (Lipinski definition) is 3. The lowest BCUT2D eigenvalue weighted by Gasteiger charge is -2.26. The van der Waals surface area contributed by atoms with Gasteiger partial charge in [-0.1, -0.05) is 6.42 Å². The molecule has 4 heteroatoms. The zero-order valence-corrected chi connectivity index (χ0v) is 13.0. The predicted octanol–water partition coefficient (Wildman–Crippen LogP) is 3.47. The normalized spacial score (nSPS) is 15.0. The van der Waals surface area contributed by atoms with Crippen LogP contribution >= 0.6 is 0 Å². The number of ether oxygens (including phenoxy) is 1. The number of hydrogen-bond donors (Lipinski definition) is 1. The number of nitrogen functional groups attached to an aromatic ring is 1. The smallest absolute Gasteiger partial charge is 0.129 e. The fourth-order valence-electron chi connectivity index (χ4n) is 2.64. The van der Waals surface area contributed by atoms with Crippen LogP contribution in [0.5, 0.6) is 5.75 Å². The van der Waals surface area contributed by atoms with E-state index in [1.54, 1.807) is 4.68 Å². The van der Waals surface area contributed by atoms with Gasteiger partial charge in [-0.2, -0.15) is 5.10 Å². The van der Waals surface area contributed by atoms with Gasteiger partial charge in [0.2, 0.25) is 0 Å². The first kappa shape index (κ1) is 14.0. The highest BCUT2D eigenvalue weighted by molar-refractivity contribution is 5.79. The molecule has 0 radical (unpaired) electrons. The van der Waals surface area contributed by atoms with Gasteiger partial charge in [0.15, 0.2) is 0 Å². The molecule has 0 saturated heterocycles. The lowest BCUT2D eigenvalue weighted by atomic mass is 9.86. The van der Waals surface area contributed by atoms with Gasteiger partial charge in [0.1, 0.15) is 11.6 Å². The summed E-state index contributed by atoms with van der Waals surface area (Å²) in [5, 5.41) is 4.24. The molecule has 0 bridgehead atoms. The van der Waals surface area contributed by atoms with Crippen LogP contribution in [0, 0.1) is 19.8 Å². The number of nitrogens with zero attached hydrogens (tertiary/aromatic N) is 2. The molecule has 0 atom stereocenters. The quantitative estimate of drug-likeness (QED) is 0.936. The highest BCUT2D eigenvalue weighted by Crippen LogP contribution is 2.37. The van der Waals surface area contributed by atoms with Gasteiger partial charge in [0.05, 0.1) is 12.8 Å². The van der Waals surface area contributed by atoms with Crippen LogP contribution in [-0.4, -0.2) is 16.4 Å². The zero-order valence-electron chi connectivity index (χ0n) is 13.0. The second kappa shape index (κ2) is 5.43. The van der Waals surface area contributed by atoms with E-state index in [2.05, 4.69) is 31.1 Å². The van der Waals surface area contributed by atoms with Crippen molar-refractivity contribution in [2.75, 3.05) is 12.3 Å². The Morgan fingerprint density at radius 3 is 2.52 bits per heavy atom. The summed E-state index contributed by atoms with van der Waals surface area (Å²) in [7, 11) is 1.86. The summed E-state index contributed by atoms with van der Waals surface area (Å²) in [6.45, 7) is 5.03. The van der Waals surface area contributed by atoms with Crippen LogP contribution in [0.4, 0.5) is 5.82 Å². The van der Waals surface area contributed by atoms with E-state index in [0.717, 1.165) is 23.5 Å². The number of aromatic nitrogens is 2. The summed E-state index contributed by atoms with van der Waals surface area (Å²) in [6, 6.07) is 4.27. The van der Waals surface area contributed by atoms with Crippen LogP contribution < -0.4 is 10.5 Å². The van der Waals surface area contributed by atoms with E-state index >= 15 is 0 Å². The van der Waals surface area contributed by atoms with Crippen molar-refractivity contribution in [3.8, 4) is 16.9 Å². The van der Waals surface area contributed by atoms with Crippen molar-refractivity contribution < 1.29 is 4.74 Å². The van der Waals surface area contributed by atoms with E-state index in [9.17, 15) is 0 Å². The molecule has 3 rings (SSSR count). The first-order valence-corrected chi connectivity index (χ1v) is 7.58. The molecule has 1 heterocycles. The molecule has 0 unspecified atom stereocenters. The average molecular weight is 285 g/mol. The van der Waals surface area contributed by atoms with E-state index in [0.29, 0.717) is 11.7 Å². The Hall–Kier alpha value is -1.97. The second-order valence-corrected chi connectivity index (χ2v) is 6.11. The summed E-state index contributed by atoms with van der Waals surface area (Å²) < 4.78 is 7.80. The highest BCUT2D eigenvalue weighted by atomic mass is 16.5. The third kappa shape index (κ3) is 2.62. The molecular formula is C17H23N3O. The lowest BCUT2D eigenvalue weighted by Crippen LogP contribution is -2.19. The van der Waals surface area contributed by atoms with Crippen LogP contribution in [0.25, 0.3) is 11.1 Å². The highest BCUT2D eigenvalue weighted by Gasteiger charge is 2.20. The van der Waals surface area contributed by atoms with Gasteiger partial charge in [-0.15, -0.1) is 0 Å². The molecule has 2 N–H and O–H groups in total. The van der Waals surface area contributed by atoms with Crippen LogP contribution in [0.1, 0.15) is 30.4 Å². The maximum Gasteiger partial charge on any atom is 0.129 e. The summed E-state index contributed by atoms with van der Waals surface area (Å²) >= 11 is 0. The standard InChI is InChI=1S/C17H23N3O/c1-11-7-14(15-9-19-20(3)17(15)18)16(8-12(11)2)21-10-13-5-4-6-13/h7-9,13H,4-6,10,18H2,1-3H3. The maximum atomic E-state index is 6.13. The van der Waals surface area contributed by atoms with Crippen molar-refractivity contribution in [1.29, 1.82) is 0 Å². The van der Waals surface area contributed by atoms with Crippen LogP contribution in [0.15, 0.2) is 18.3 Å². The van der Waals surface area contributed by atoms with Gasteiger partial charge in [-0.05, 0) is 55.9 Å². The fraction of sp³-hybridized carbons (Fsp3) is 0.471. The Bertz CT molecular complexity index is 656. The van der Waals surface area contributed by atoms with E-state index in [-0.39, 0.29) is 0 Å². The minimum atomic E-state index is 0.673. The molecule has 0 aliphatic heterocycles. The molecule has 1 aromatic heterocycles. The monoisotopic (exact) mass is 285 g/mol. The Labute approximate surface area is 125 Å². The molecule has 1 aliphatic carbocycles. The molecule has 1 aromatic carbocycles. The van der Waals surface area contributed by atoms with Gasteiger partial charge in [0, 0.05) is 18.2 Å². The first-order chi connectivity index (χ1) is 10.1. The van der Waals surface area contributed by atoms with Crippen molar-refractivity contribution in [3.63, 3.8) is 0 Å². The number of benzene rings is 1. The SMILES string of the molecule is Cc1cc(OCC2CCC2)c(-c2cnn(C)c2N)cc1C. The maximum absolute atomic E-state index is 6.13. The van der Waals surface area contributed by atoms with Crippen LogP contribution in [0.3, 0.4) is 0 Å². The topological polar surface area (TPSA) is 53.1 Å². The van der Waals surface area contributed by atoms with Crippen molar-refractivity contribution in [2.45, 2.75) is 33.1 Å². The largest absolute Gasteiger partial charge is 0.493 e. The summed E-state index contributed by atoms with van der Waals surface area (Å²) in [4.78, 5) is 0. The molecular weight excluding hydrogens is 262 g/mol. The summed E-state index contributed by atoms with van der Waals surface area (Å²) in [5.74, 6) is 2.31. The average Bonchev–Trinajstić information content (AvgIpc) is 2.72. The summed E-state index contributed by atoms with van der Waals surface area (Å²) in [5.41, 5.74) is 10.6. The Morgan fingerprint density at radius 1 is 1.24 bits per heavy atom. The number of rotatable bonds is 4. The minimum Gasteiger partial charge on any atom is -0.493 e. The Kier molecular flexibility index (Phi) is 3.62. The van der Waals surface area contributed by atoms with Crippen molar-refractivity contribution in [1.82, 2.24) is 9.78 Å². The fourth-order valence-corrected chi connectivity index (χ4v) is 2.64. The van der Waals surface area contributed by atoms with E-state index in [1.165, 1.54) is 30.4 Å². The molecule has 2 aromatic rings. The summed E-state index contributed by atoms with van der Waals surface area (Å²) in [6.07, 6.45) is 5.73. The number of anilines is 1.